The molecule has 1 unspecified atom stereocenters. The lowest BCUT2D eigenvalue weighted by Gasteiger charge is -2.24. The number of Topliss-reactive ketones (excluding diaryl/α,β-unsaturated/α-hetero) is 1. The summed E-state index contributed by atoms with van der Waals surface area (Å²) in [4.78, 5) is 25.1. The summed E-state index contributed by atoms with van der Waals surface area (Å²) in [6, 6.07) is 9.33. The fourth-order valence-corrected chi connectivity index (χ4v) is 1.92. The first-order valence-electron chi connectivity index (χ1n) is 6.59. The van der Waals surface area contributed by atoms with Crippen LogP contribution in [0.3, 0.4) is 0 Å². The summed E-state index contributed by atoms with van der Waals surface area (Å²) < 4.78 is 0. The highest BCUT2D eigenvalue weighted by molar-refractivity contribution is 6.43. The standard InChI is InChI=1S/C15H20ClNO2/c1-3-4-8-11-17(13-9-6-5-7-10-13)15(19)14(16)12(2)18/h5-7,9-10,14H,3-4,8,11H2,1-2H3. The number of unbranched alkanes of at least 4 members (excludes halogenated alkanes) is 2. The Hall–Kier alpha value is -1.35. The van der Waals surface area contributed by atoms with E-state index in [4.69, 9.17) is 11.6 Å². The first-order valence-corrected chi connectivity index (χ1v) is 7.02. The molecule has 19 heavy (non-hydrogen) atoms. The first-order chi connectivity index (χ1) is 9.07. The van der Waals surface area contributed by atoms with Crippen LogP contribution in [0.5, 0.6) is 0 Å². The SMILES string of the molecule is CCCCCN(C(=O)C(Cl)C(C)=O)c1ccccc1. The zero-order valence-electron chi connectivity index (χ0n) is 11.4. The molecule has 4 heteroatoms. The molecule has 0 aromatic heterocycles. The number of hydrogen-bond donors (Lipinski definition) is 0. The van der Waals surface area contributed by atoms with Crippen molar-refractivity contribution in [1.29, 1.82) is 0 Å². The highest BCUT2D eigenvalue weighted by atomic mass is 35.5. The van der Waals surface area contributed by atoms with Crippen LogP contribution in [0.25, 0.3) is 0 Å². The van der Waals surface area contributed by atoms with E-state index in [9.17, 15) is 9.59 Å². The molecule has 0 heterocycles. The molecule has 0 radical (unpaired) electrons. The molecule has 0 spiro atoms. The highest BCUT2D eigenvalue weighted by Gasteiger charge is 2.26. The predicted octanol–water partition coefficient (Wildman–Crippen LogP) is 3.41. The molecule has 104 valence electrons. The number of alkyl halides is 1. The summed E-state index contributed by atoms with van der Waals surface area (Å²) in [6.07, 6.45) is 3.02. The summed E-state index contributed by atoms with van der Waals surface area (Å²) in [7, 11) is 0. The zero-order valence-corrected chi connectivity index (χ0v) is 12.2. The van der Waals surface area contributed by atoms with Crippen LogP contribution in [0.2, 0.25) is 0 Å². The molecule has 1 aromatic carbocycles. The van der Waals surface area contributed by atoms with Gasteiger partial charge in [-0.2, -0.15) is 0 Å². The molecule has 0 aliphatic rings. The summed E-state index contributed by atoms with van der Waals surface area (Å²) in [5.74, 6) is -0.653. The van der Waals surface area contributed by atoms with Gasteiger partial charge in [0.1, 0.15) is 0 Å². The molecular formula is C15H20ClNO2. The second-order valence-corrected chi connectivity index (χ2v) is 4.94. The molecule has 1 rings (SSSR count). The first kappa shape index (κ1) is 15.7. The van der Waals surface area contributed by atoms with E-state index in [2.05, 4.69) is 6.92 Å². The summed E-state index contributed by atoms with van der Waals surface area (Å²) in [5.41, 5.74) is 0.788. The van der Waals surface area contributed by atoms with Gasteiger partial charge in [0.15, 0.2) is 11.2 Å². The quantitative estimate of drug-likeness (QED) is 0.436. The van der Waals surface area contributed by atoms with E-state index in [1.54, 1.807) is 4.90 Å². The Morgan fingerprint density at radius 1 is 1.21 bits per heavy atom. The Balaban J connectivity index is 2.86. The summed E-state index contributed by atoms with van der Waals surface area (Å²) in [5, 5.41) is -1.10. The molecule has 3 nitrogen and oxygen atoms in total. The number of amides is 1. The third-order valence-corrected chi connectivity index (χ3v) is 3.39. The normalized spacial score (nSPS) is 11.9. The van der Waals surface area contributed by atoms with Crippen molar-refractivity contribution in [3.63, 3.8) is 0 Å². The van der Waals surface area contributed by atoms with Crippen molar-refractivity contribution in [2.45, 2.75) is 38.5 Å². The molecule has 1 atom stereocenters. The van der Waals surface area contributed by atoms with E-state index in [-0.39, 0.29) is 11.7 Å². The van der Waals surface area contributed by atoms with E-state index in [0.29, 0.717) is 6.54 Å². The summed E-state index contributed by atoms with van der Waals surface area (Å²) in [6.45, 7) is 4.03. The Kier molecular flexibility index (Phi) is 6.57. The van der Waals surface area contributed by atoms with Crippen molar-refractivity contribution in [3.05, 3.63) is 30.3 Å². The van der Waals surface area contributed by atoms with Crippen molar-refractivity contribution in [2.24, 2.45) is 0 Å². The Bertz CT molecular complexity index is 419. The molecule has 0 bridgehead atoms. The van der Waals surface area contributed by atoms with Crippen LogP contribution >= 0.6 is 11.6 Å². The number of carbonyl (C=O) groups is 2. The Morgan fingerprint density at radius 3 is 2.37 bits per heavy atom. The minimum atomic E-state index is -1.10. The molecule has 0 fully saturated rings. The van der Waals surface area contributed by atoms with Crippen molar-refractivity contribution < 1.29 is 9.59 Å². The fraction of sp³-hybridized carbons (Fsp3) is 0.467. The molecule has 1 amide bonds. The van der Waals surface area contributed by atoms with Crippen molar-refractivity contribution >= 4 is 29.0 Å². The maximum absolute atomic E-state index is 12.3. The maximum atomic E-state index is 12.3. The third-order valence-electron chi connectivity index (χ3n) is 2.89. The van der Waals surface area contributed by atoms with Gasteiger partial charge in [0.05, 0.1) is 0 Å². The van der Waals surface area contributed by atoms with Gasteiger partial charge < -0.3 is 4.90 Å². The van der Waals surface area contributed by atoms with E-state index in [0.717, 1.165) is 24.9 Å². The number of halogens is 1. The second-order valence-electron chi connectivity index (χ2n) is 4.51. The molecule has 1 aromatic rings. The molecule has 0 saturated heterocycles. The minimum absolute atomic E-state index is 0.317. The highest BCUT2D eigenvalue weighted by Crippen LogP contribution is 2.17. The summed E-state index contributed by atoms with van der Waals surface area (Å²) >= 11 is 5.88. The second kappa shape index (κ2) is 7.95. The van der Waals surface area contributed by atoms with Crippen LogP contribution in [0.4, 0.5) is 5.69 Å². The van der Waals surface area contributed by atoms with Crippen LogP contribution in [0.1, 0.15) is 33.1 Å². The molecular weight excluding hydrogens is 262 g/mol. The van der Waals surface area contributed by atoms with Gasteiger partial charge in [-0.1, -0.05) is 38.0 Å². The average Bonchev–Trinajstić information content (AvgIpc) is 2.43. The number of para-hydroxylation sites is 1. The number of carbonyl (C=O) groups excluding carboxylic acids is 2. The van der Waals surface area contributed by atoms with Crippen LogP contribution in [-0.2, 0) is 9.59 Å². The van der Waals surface area contributed by atoms with Crippen molar-refractivity contribution in [3.8, 4) is 0 Å². The zero-order chi connectivity index (χ0) is 14.3. The molecule has 0 saturated carbocycles. The molecule has 0 N–H and O–H groups in total. The van der Waals surface area contributed by atoms with Gasteiger partial charge in [-0.25, -0.2) is 0 Å². The molecule has 0 aliphatic carbocycles. The fourth-order valence-electron chi connectivity index (χ4n) is 1.81. The lowest BCUT2D eigenvalue weighted by Crippen LogP contribution is -2.40. The van der Waals surface area contributed by atoms with Crippen LogP contribution in [0, 0.1) is 0 Å². The van der Waals surface area contributed by atoms with Gasteiger partial charge in [-0.05, 0) is 25.5 Å². The van der Waals surface area contributed by atoms with Crippen molar-refractivity contribution in [2.75, 3.05) is 11.4 Å². The van der Waals surface area contributed by atoms with Crippen molar-refractivity contribution in [1.82, 2.24) is 0 Å². The topological polar surface area (TPSA) is 37.4 Å². The lowest BCUT2D eigenvalue weighted by atomic mass is 10.2. The number of ketones is 1. The van der Waals surface area contributed by atoms with Gasteiger partial charge in [-0.15, -0.1) is 11.6 Å². The minimum Gasteiger partial charge on any atom is -0.311 e. The van der Waals surface area contributed by atoms with E-state index in [1.165, 1.54) is 6.92 Å². The van der Waals surface area contributed by atoms with Crippen LogP contribution < -0.4 is 4.90 Å². The van der Waals surface area contributed by atoms with Gasteiger partial charge in [-0.3, -0.25) is 9.59 Å². The Morgan fingerprint density at radius 2 is 1.84 bits per heavy atom. The number of anilines is 1. The van der Waals surface area contributed by atoms with Gasteiger partial charge in [0.2, 0.25) is 0 Å². The number of hydrogen-bond acceptors (Lipinski definition) is 2. The Labute approximate surface area is 119 Å². The number of rotatable bonds is 7. The van der Waals surface area contributed by atoms with E-state index >= 15 is 0 Å². The largest absolute Gasteiger partial charge is 0.311 e. The van der Waals surface area contributed by atoms with Gasteiger partial charge in [0, 0.05) is 12.2 Å². The van der Waals surface area contributed by atoms with E-state index in [1.807, 2.05) is 30.3 Å². The van der Waals surface area contributed by atoms with Gasteiger partial charge >= 0.3 is 0 Å². The van der Waals surface area contributed by atoms with E-state index < -0.39 is 5.38 Å². The monoisotopic (exact) mass is 281 g/mol. The molecule has 0 aliphatic heterocycles. The average molecular weight is 282 g/mol. The van der Waals surface area contributed by atoms with Gasteiger partial charge in [0.25, 0.3) is 5.91 Å². The number of benzene rings is 1. The lowest BCUT2D eigenvalue weighted by molar-refractivity contribution is -0.125. The predicted molar refractivity (Wildman–Crippen MR) is 78.6 cm³/mol. The van der Waals surface area contributed by atoms with Crippen LogP contribution in [0.15, 0.2) is 30.3 Å². The maximum Gasteiger partial charge on any atom is 0.252 e. The van der Waals surface area contributed by atoms with Crippen LogP contribution in [-0.4, -0.2) is 23.6 Å². The third kappa shape index (κ3) is 4.67. The smallest absolute Gasteiger partial charge is 0.252 e. The number of nitrogens with zero attached hydrogens (tertiary/aromatic N) is 1.